The zero-order valence-corrected chi connectivity index (χ0v) is 13.3. The van der Waals surface area contributed by atoms with Crippen LogP contribution in [-0.4, -0.2) is 53.9 Å². The van der Waals surface area contributed by atoms with Crippen molar-refractivity contribution in [3.8, 4) is 11.4 Å². The molecular formula is C15H17ClN4O3. The highest BCUT2D eigenvalue weighted by atomic mass is 35.5. The number of ether oxygens (including phenoxy) is 1. The van der Waals surface area contributed by atoms with Gasteiger partial charge in [0.1, 0.15) is 0 Å². The predicted molar refractivity (Wildman–Crippen MR) is 84.2 cm³/mol. The van der Waals surface area contributed by atoms with Crippen LogP contribution in [0.15, 0.2) is 28.8 Å². The Kier molecular flexibility index (Phi) is 5.09. The molecule has 122 valence electrons. The minimum Gasteiger partial charge on any atom is -0.378 e. The topological polar surface area (TPSA) is 80.5 Å². The molecule has 0 spiro atoms. The van der Waals surface area contributed by atoms with Gasteiger partial charge in [0.25, 0.3) is 0 Å². The largest absolute Gasteiger partial charge is 0.378 e. The standard InChI is InChI=1S/C15H17ClN4O3/c16-12-3-1-11(2-4-12)14-18-13(23-19-14)5-6-17-15(21)20-7-9-22-10-8-20/h1-4H,5-10H2,(H,17,21). The zero-order chi connectivity index (χ0) is 16.1. The van der Waals surface area contributed by atoms with Gasteiger partial charge < -0.3 is 19.5 Å². The van der Waals surface area contributed by atoms with Gasteiger partial charge in [-0.15, -0.1) is 0 Å². The van der Waals surface area contributed by atoms with E-state index in [1.54, 1.807) is 17.0 Å². The number of rotatable bonds is 4. The number of halogens is 1. The molecule has 0 bridgehead atoms. The highest BCUT2D eigenvalue weighted by molar-refractivity contribution is 6.30. The van der Waals surface area contributed by atoms with E-state index in [4.69, 9.17) is 20.9 Å². The zero-order valence-electron chi connectivity index (χ0n) is 12.5. The first-order valence-electron chi connectivity index (χ1n) is 7.41. The molecule has 7 nitrogen and oxygen atoms in total. The van der Waals surface area contributed by atoms with E-state index in [-0.39, 0.29) is 6.03 Å². The molecule has 2 heterocycles. The van der Waals surface area contributed by atoms with Crippen molar-refractivity contribution in [3.05, 3.63) is 35.2 Å². The number of hydrogen-bond acceptors (Lipinski definition) is 5. The van der Waals surface area contributed by atoms with E-state index in [0.717, 1.165) is 5.56 Å². The highest BCUT2D eigenvalue weighted by Crippen LogP contribution is 2.18. The first-order valence-corrected chi connectivity index (χ1v) is 7.79. The molecule has 1 fully saturated rings. The summed E-state index contributed by atoms with van der Waals surface area (Å²) in [6.07, 6.45) is 0.483. The number of benzene rings is 1. The van der Waals surface area contributed by atoms with Gasteiger partial charge in [0, 0.05) is 36.6 Å². The Morgan fingerprint density at radius 2 is 2.00 bits per heavy atom. The summed E-state index contributed by atoms with van der Waals surface area (Å²) in [5.74, 6) is 0.994. The number of carbonyl (C=O) groups excluding carboxylic acids is 1. The highest BCUT2D eigenvalue weighted by Gasteiger charge is 2.16. The maximum absolute atomic E-state index is 11.9. The molecule has 1 N–H and O–H groups in total. The molecule has 8 heteroatoms. The van der Waals surface area contributed by atoms with E-state index in [1.807, 2.05) is 12.1 Å². The number of nitrogens with zero attached hydrogens (tertiary/aromatic N) is 3. The van der Waals surface area contributed by atoms with Crippen LogP contribution in [-0.2, 0) is 11.2 Å². The van der Waals surface area contributed by atoms with Crippen molar-refractivity contribution in [1.82, 2.24) is 20.4 Å². The van der Waals surface area contributed by atoms with Gasteiger partial charge in [0.05, 0.1) is 13.2 Å². The summed E-state index contributed by atoms with van der Waals surface area (Å²) >= 11 is 5.85. The molecule has 1 aliphatic rings. The molecule has 3 rings (SSSR count). The van der Waals surface area contributed by atoms with Gasteiger partial charge in [-0.3, -0.25) is 0 Å². The Morgan fingerprint density at radius 3 is 2.74 bits per heavy atom. The third-order valence-corrected chi connectivity index (χ3v) is 3.74. The molecule has 1 saturated heterocycles. The number of aromatic nitrogens is 2. The second kappa shape index (κ2) is 7.43. The van der Waals surface area contributed by atoms with Gasteiger partial charge in [-0.2, -0.15) is 4.98 Å². The number of nitrogens with one attached hydrogen (secondary N) is 1. The molecule has 1 aromatic carbocycles. The fraction of sp³-hybridized carbons (Fsp3) is 0.400. The van der Waals surface area contributed by atoms with Crippen LogP contribution in [0.1, 0.15) is 5.89 Å². The molecular weight excluding hydrogens is 320 g/mol. The number of carbonyl (C=O) groups is 1. The van der Waals surface area contributed by atoms with Crippen molar-refractivity contribution in [2.24, 2.45) is 0 Å². The third kappa shape index (κ3) is 4.20. The minimum atomic E-state index is -0.0919. The Balaban J connectivity index is 1.49. The van der Waals surface area contributed by atoms with Crippen LogP contribution >= 0.6 is 11.6 Å². The van der Waals surface area contributed by atoms with Crippen molar-refractivity contribution in [1.29, 1.82) is 0 Å². The number of hydrogen-bond donors (Lipinski definition) is 1. The van der Waals surface area contributed by atoms with Crippen molar-refractivity contribution in [2.45, 2.75) is 6.42 Å². The summed E-state index contributed by atoms with van der Waals surface area (Å²) in [5.41, 5.74) is 0.835. The van der Waals surface area contributed by atoms with Crippen LogP contribution in [0.25, 0.3) is 11.4 Å². The molecule has 2 amide bonds. The molecule has 0 radical (unpaired) electrons. The van der Waals surface area contributed by atoms with E-state index in [0.29, 0.717) is 56.0 Å². The lowest BCUT2D eigenvalue weighted by molar-refractivity contribution is 0.0532. The van der Waals surface area contributed by atoms with Gasteiger partial charge in [-0.1, -0.05) is 16.8 Å². The Labute approximate surface area is 138 Å². The van der Waals surface area contributed by atoms with E-state index >= 15 is 0 Å². The Bertz CT molecular complexity index is 653. The normalized spacial score (nSPS) is 14.7. The lowest BCUT2D eigenvalue weighted by atomic mass is 10.2. The second-order valence-electron chi connectivity index (χ2n) is 5.10. The molecule has 0 atom stereocenters. The summed E-state index contributed by atoms with van der Waals surface area (Å²) in [5, 5.41) is 7.43. The van der Waals surface area contributed by atoms with Crippen LogP contribution in [0.5, 0.6) is 0 Å². The fourth-order valence-electron chi connectivity index (χ4n) is 2.23. The van der Waals surface area contributed by atoms with E-state index in [1.165, 1.54) is 0 Å². The molecule has 1 aromatic heterocycles. The molecule has 1 aliphatic heterocycles. The molecule has 0 saturated carbocycles. The average molecular weight is 337 g/mol. The van der Waals surface area contributed by atoms with Crippen molar-refractivity contribution in [3.63, 3.8) is 0 Å². The Morgan fingerprint density at radius 1 is 1.26 bits per heavy atom. The van der Waals surface area contributed by atoms with Crippen molar-refractivity contribution >= 4 is 17.6 Å². The number of morpholine rings is 1. The Hall–Kier alpha value is -2.12. The first-order chi connectivity index (χ1) is 11.2. The number of amides is 2. The lowest BCUT2D eigenvalue weighted by Crippen LogP contribution is -2.46. The van der Waals surface area contributed by atoms with Crippen LogP contribution in [0, 0.1) is 0 Å². The van der Waals surface area contributed by atoms with Crippen LogP contribution < -0.4 is 5.32 Å². The summed E-state index contributed by atoms with van der Waals surface area (Å²) < 4.78 is 10.4. The van der Waals surface area contributed by atoms with E-state index in [2.05, 4.69) is 15.5 Å². The second-order valence-corrected chi connectivity index (χ2v) is 5.54. The molecule has 2 aromatic rings. The third-order valence-electron chi connectivity index (χ3n) is 3.48. The van der Waals surface area contributed by atoms with Crippen molar-refractivity contribution < 1.29 is 14.1 Å². The van der Waals surface area contributed by atoms with Crippen LogP contribution in [0.3, 0.4) is 0 Å². The predicted octanol–water partition coefficient (Wildman–Crippen LogP) is 1.97. The van der Waals surface area contributed by atoms with Crippen molar-refractivity contribution in [2.75, 3.05) is 32.8 Å². The maximum atomic E-state index is 11.9. The summed E-state index contributed by atoms with van der Waals surface area (Å²) in [4.78, 5) is 18.0. The van der Waals surface area contributed by atoms with Crippen LogP contribution in [0.4, 0.5) is 4.79 Å². The summed E-state index contributed by atoms with van der Waals surface area (Å²) in [6.45, 7) is 2.85. The van der Waals surface area contributed by atoms with Crippen LogP contribution in [0.2, 0.25) is 5.02 Å². The summed E-state index contributed by atoms with van der Waals surface area (Å²) in [6, 6.07) is 7.12. The quantitative estimate of drug-likeness (QED) is 0.923. The molecule has 23 heavy (non-hydrogen) atoms. The summed E-state index contributed by atoms with van der Waals surface area (Å²) in [7, 11) is 0. The van der Waals surface area contributed by atoms with Gasteiger partial charge in [0.2, 0.25) is 11.7 Å². The van der Waals surface area contributed by atoms with Gasteiger partial charge >= 0.3 is 6.03 Å². The average Bonchev–Trinajstić information content (AvgIpc) is 3.05. The monoisotopic (exact) mass is 336 g/mol. The lowest BCUT2D eigenvalue weighted by Gasteiger charge is -2.26. The van der Waals surface area contributed by atoms with Gasteiger partial charge in [-0.05, 0) is 24.3 Å². The molecule has 0 aliphatic carbocycles. The number of urea groups is 1. The molecule has 0 unspecified atom stereocenters. The fourth-order valence-corrected chi connectivity index (χ4v) is 2.35. The maximum Gasteiger partial charge on any atom is 0.317 e. The van der Waals surface area contributed by atoms with E-state index < -0.39 is 0 Å². The minimum absolute atomic E-state index is 0.0919. The van der Waals surface area contributed by atoms with Gasteiger partial charge in [0.15, 0.2) is 0 Å². The first kappa shape index (κ1) is 15.8. The SMILES string of the molecule is O=C(NCCc1nc(-c2ccc(Cl)cc2)no1)N1CCOCC1. The van der Waals surface area contributed by atoms with Gasteiger partial charge in [-0.25, -0.2) is 4.79 Å². The smallest absolute Gasteiger partial charge is 0.317 e. The van der Waals surface area contributed by atoms with E-state index in [9.17, 15) is 4.79 Å².